The van der Waals surface area contributed by atoms with Crippen LogP contribution in [0.15, 0.2) is 42.5 Å². The molecule has 0 atom stereocenters. The van der Waals surface area contributed by atoms with Crippen LogP contribution in [0.25, 0.3) is 0 Å². The van der Waals surface area contributed by atoms with E-state index < -0.39 is 0 Å². The number of nitro groups is 1. The molecule has 0 unspecified atom stereocenters. The number of hydrogen-bond donors (Lipinski definition) is 1. The van der Waals surface area contributed by atoms with Gasteiger partial charge in [0, 0.05) is 51.0 Å². The summed E-state index contributed by atoms with van der Waals surface area (Å²) >= 11 is 5.48. The predicted octanol–water partition coefficient (Wildman–Crippen LogP) is 2.28. The molecule has 2 heterocycles. The second-order valence-electron chi connectivity index (χ2n) is 7.96. The molecule has 0 saturated carbocycles. The molecule has 2 aliphatic rings. The molecule has 0 bridgehead atoms. The van der Waals surface area contributed by atoms with E-state index >= 15 is 0 Å². The van der Waals surface area contributed by atoms with Crippen molar-refractivity contribution in [2.24, 2.45) is 0 Å². The van der Waals surface area contributed by atoms with Crippen molar-refractivity contribution in [2.45, 2.75) is 0 Å². The highest BCUT2D eigenvalue weighted by molar-refractivity contribution is 7.80. The van der Waals surface area contributed by atoms with Gasteiger partial charge in [-0.25, -0.2) is 0 Å². The normalized spacial score (nSPS) is 16.2. The number of morpholine rings is 1. The SMILES string of the molecule is COc1ccccc1C(=O)NC(=S)N1CCN(c2ccc([N+](=O)[O-])c(N3CCOCC3)c2)CC1. The van der Waals surface area contributed by atoms with Crippen LogP contribution in [-0.4, -0.2) is 80.4 Å². The molecule has 0 spiro atoms. The van der Waals surface area contributed by atoms with Crippen LogP contribution in [0.4, 0.5) is 17.1 Å². The lowest BCUT2D eigenvalue weighted by Crippen LogP contribution is -2.52. The summed E-state index contributed by atoms with van der Waals surface area (Å²) in [7, 11) is 1.52. The number of benzene rings is 2. The van der Waals surface area contributed by atoms with Gasteiger partial charge in [0.2, 0.25) is 0 Å². The molecule has 1 amide bonds. The number of rotatable bonds is 5. The van der Waals surface area contributed by atoms with Gasteiger partial charge in [0.1, 0.15) is 11.4 Å². The molecule has 2 saturated heterocycles. The lowest BCUT2D eigenvalue weighted by atomic mass is 10.1. The van der Waals surface area contributed by atoms with E-state index in [0.29, 0.717) is 74.6 Å². The highest BCUT2D eigenvalue weighted by Gasteiger charge is 2.26. The van der Waals surface area contributed by atoms with Crippen LogP contribution in [0.5, 0.6) is 5.75 Å². The van der Waals surface area contributed by atoms with Crippen molar-refractivity contribution in [3.05, 3.63) is 58.1 Å². The lowest BCUT2D eigenvalue weighted by Gasteiger charge is -2.37. The number of ether oxygens (including phenoxy) is 2. The van der Waals surface area contributed by atoms with E-state index in [4.69, 9.17) is 21.7 Å². The third-order valence-corrected chi connectivity index (χ3v) is 6.37. The molecule has 2 aliphatic heterocycles. The first-order valence-corrected chi connectivity index (χ1v) is 11.5. The molecule has 2 aromatic rings. The number of carbonyl (C=O) groups is 1. The molecule has 11 heteroatoms. The van der Waals surface area contributed by atoms with Gasteiger partial charge in [0.15, 0.2) is 5.11 Å². The first-order valence-electron chi connectivity index (χ1n) is 11.1. The van der Waals surface area contributed by atoms with E-state index in [2.05, 4.69) is 10.2 Å². The molecule has 0 aliphatic carbocycles. The molecule has 34 heavy (non-hydrogen) atoms. The molecule has 1 N–H and O–H groups in total. The summed E-state index contributed by atoms with van der Waals surface area (Å²) in [6.07, 6.45) is 0. The van der Waals surface area contributed by atoms with E-state index in [1.807, 2.05) is 15.9 Å². The average Bonchev–Trinajstić information content (AvgIpc) is 2.88. The zero-order valence-electron chi connectivity index (χ0n) is 18.9. The Hall–Kier alpha value is -3.44. The highest BCUT2D eigenvalue weighted by atomic mass is 32.1. The van der Waals surface area contributed by atoms with Gasteiger partial charge in [0.05, 0.1) is 30.8 Å². The Labute approximate surface area is 203 Å². The molecule has 0 aromatic heterocycles. The number of hydrogen-bond acceptors (Lipinski definition) is 8. The van der Waals surface area contributed by atoms with Crippen LogP contribution in [0.3, 0.4) is 0 Å². The van der Waals surface area contributed by atoms with Gasteiger partial charge < -0.3 is 24.2 Å². The zero-order valence-corrected chi connectivity index (χ0v) is 19.8. The Bertz CT molecular complexity index is 1070. The summed E-state index contributed by atoms with van der Waals surface area (Å²) < 4.78 is 10.7. The zero-order chi connectivity index (χ0) is 24.1. The minimum absolute atomic E-state index is 0.101. The number of carbonyl (C=O) groups excluding carboxylic acids is 1. The van der Waals surface area contributed by atoms with Crippen LogP contribution < -0.4 is 19.9 Å². The maximum atomic E-state index is 12.7. The van der Waals surface area contributed by atoms with Crippen LogP contribution in [0.2, 0.25) is 0 Å². The van der Waals surface area contributed by atoms with Crippen molar-refractivity contribution >= 4 is 40.3 Å². The van der Waals surface area contributed by atoms with Crippen LogP contribution in [-0.2, 0) is 4.74 Å². The summed E-state index contributed by atoms with van der Waals surface area (Å²) in [5, 5.41) is 14.7. The van der Waals surface area contributed by atoms with Gasteiger partial charge in [-0.2, -0.15) is 0 Å². The Kier molecular flexibility index (Phi) is 7.43. The molecule has 0 radical (unpaired) electrons. The first-order chi connectivity index (χ1) is 16.5. The summed E-state index contributed by atoms with van der Waals surface area (Å²) in [5.74, 6) is 0.178. The lowest BCUT2D eigenvalue weighted by molar-refractivity contribution is -0.384. The van der Waals surface area contributed by atoms with Gasteiger partial charge in [-0.05, 0) is 36.5 Å². The van der Waals surface area contributed by atoms with E-state index in [-0.39, 0.29) is 16.5 Å². The maximum Gasteiger partial charge on any atom is 0.292 e. The van der Waals surface area contributed by atoms with Crippen molar-refractivity contribution < 1.29 is 19.2 Å². The summed E-state index contributed by atoms with van der Waals surface area (Å²) in [4.78, 5) is 30.0. The Morgan fingerprint density at radius 3 is 2.44 bits per heavy atom. The monoisotopic (exact) mass is 485 g/mol. The molecule has 2 aromatic carbocycles. The Balaban J connectivity index is 1.40. The van der Waals surface area contributed by atoms with Crippen LogP contribution in [0.1, 0.15) is 10.4 Å². The number of para-hydroxylation sites is 1. The summed E-state index contributed by atoms with van der Waals surface area (Å²) in [5.41, 5.74) is 2.07. The van der Waals surface area contributed by atoms with Gasteiger partial charge in [-0.15, -0.1) is 0 Å². The Morgan fingerprint density at radius 2 is 1.76 bits per heavy atom. The molecule has 2 fully saturated rings. The predicted molar refractivity (Wildman–Crippen MR) is 133 cm³/mol. The van der Waals surface area contributed by atoms with Crippen molar-refractivity contribution in [2.75, 3.05) is 69.4 Å². The molecule has 180 valence electrons. The second kappa shape index (κ2) is 10.7. The number of thiocarbonyl (C=S) groups is 1. The number of nitrogens with zero attached hydrogens (tertiary/aromatic N) is 4. The largest absolute Gasteiger partial charge is 0.496 e. The molecule has 4 rings (SSSR count). The second-order valence-corrected chi connectivity index (χ2v) is 8.35. The van der Waals surface area contributed by atoms with Gasteiger partial charge in [-0.1, -0.05) is 12.1 Å². The first kappa shape index (κ1) is 23.7. The van der Waals surface area contributed by atoms with E-state index in [9.17, 15) is 14.9 Å². The number of amides is 1. The standard InChI is InChI=1S/C23H27N5O5S/c1-32-21-5-3-2-4-18(21)22(29)24-23(34)27-10-8-25(9-11-27)17-6-7-19(28(30)31)20(16-17)26-12-14-33-15-13-26/h2-7,16H,8-15H2,1H3,(H,24,29,34). The van der Waals surface area contributed by atoms with Gasteiger partial charge in [0.25, 0.3) is 11.6 Å². The third-order valence-electron chi connectivity index (χ3n) is 6.01. The van der Waals surface area contributed by atoms with Crippen molar-refractivity contribution in [1.82, 2.24) is 10.2 Å². The topological polar surface area (TPSA) is 100 Å². The highest BCUT2D eigenvalue weighted by Crippen LogP contribution is 2.33. The molecule has 10 nitrogen and oxygen atoms in total. The third kappa shape index (κ3) is 5.20. The fourth-order valence-corrected chi connectivity index (χ4v) is 4.44. The fourth-order valence-electron chi connectivity index (χ4n) is 4.16. The van der Waals surface area contributed by atoms with Crippen LogP contribution in [0, 0.1) is 10.1 Å². The van der Waals surface area contributed by atoms with Crippen molar-refractivity contribution in [3.8, 4) is 5.75 Å². The van der Waals surface area contributed by atoms with Crippen LogP contribution >= 0.6 is 12.2 Å². The minimum atomic E-state index is -0.338. The number of nitro benzene ring substituents is 1. The van der Waals surface area contributed by atoms with E-state index in [1.165, 1.54) is 7.11 Å². The van der Waals surface area contributed by atoms with Gasteiger partial charge in [-0.3, -0.25) is 20.2 Å². The fraction of sp³-hybridized carbons (Fsp3) is 0.391. The number of methoxy groups -OCH3 is 1. The van der Waals surface area contributed by atoms with Crippen molar-refractivity contribution in [3.63, 3.8) is 0 Å². The smallest absolute Gasteiger partial charge is 0.292 e. The minimum Gasteiger partial charge on any atom is -0.496 e. The maximum absolute atomic E-state index is 12.7. The van der Waals surface area contributed by atoms with Crippen molar-refractivity contribution in [1.29, 1.82) is 0 Å². The quantitative estimate of drug-likeness (QED) is 0.388. The number of nitrogens with one attached hydrogen (secondary N) is 1. The van der Waals surface area contributed by atoms with E-state index in [1.54, 1.807) is 36.4 Å². The summed E-state index contributed by atoms with van der Waals surface area (Å²) in [6, 6.07) is 12.2. The summed E-state index contributed by atoms with van der Waals surface area (Å²) in [6.45, 7) is 4.94. The average molecular weight is 486 g/mol. The van der Waals surface area contributed by atoms with E-state index in [0.717, 1.165) is 5.69 Å². The molecular formula is C23H27N5O5S. The number of piperazine rings is 1. The number of anilines is 2. The Morgan fingerprint density at radius 1 is 1.06 bits per heavy atom. The van der Waals surface area contributed by atoms with Gasteiger partial charge >= 0.3 is 0 Å². The molecular weight excluding hydrogens is 458 g/mol.